The van der Waals surface area contributed by atoms with E-state index in [0.717, 1.165) is 31.6 Å². The van der Waals surface area contributed by atoms with Crippen LogP contribution < -0.4 is 20.7 Å². The molecule has 1 aromatic heterocycles. The number of fused-ring (bicyclic) bond motifs is 1. The van der Waals surface area contributed by atoms with Gasteiger partial charge in [0.1, 0.15) is 11.8 Å². The summed E-state index contributed by atoms with van der Waals surface area (Å²) in [6.07, 6.45) is 0.782. The van der Waals surface area contributed by atoms with Crippen LogP contribution in [0.25, 0.3) is 10.2 Å². The maximum absolute atomic E-state index is 12.2. The van der Waals surface area contributed by atoms with Crippen LogP contribution in [0.4, 0.5) is 5.69 Å². The number of carbonyl (C=O) groups is 3. The van der Waals surface area contributed by atoms with Gasteiger partial charge in [0, 0.05) is 23.4 Å². The van der Waals surface area contributed by atoms with Gasteiger partial charge in [-0.1, -0.05) is 30.0 Å². The second-order valence-corrected chi connectivity index (χ2v) is 9.44. The van der Waals surface area contributed by atoms with Crippen molar-refractivity contribution in [2.24, 2.45) is 0 Å². The Kier molecular flexibility index (Phi) is 6.91. The molecule has 1 aliphatic rings. The summed E-state index contributed by atoms with van der Waals surface area (Å²) in [5.74, 6) is 0.772. The van der Waals surface area contributed by atoms with Gasteiger partial charge in [-0.05, 0) is 30.7 Å². The van der Waals surface area contributed by atoms with E-state index < -0.39 is 6.04 Å². The maximum atomic E-state index is 12.2. The fourth-order valence-electron chi connectivity index (χ4n) is 3.31. The number of para-hydroxylation sites is 1. The highest BCUT2D eigenvalue weighted by atomic mass is 32.2. The molecular weight excluding hydrogens is 448 g/mol. The quantitative estimate of drug-likeness (QED) is 0.437. The number of benzene rings is 2. The van der Waals surface area contributed by atoms with Crippen molar-refractivity contribution in [2.45, 2.75) is 29.0 Å². The topological polar surface area (TPSA) is 109 Å². The first-order valence-electron chi connectivity index (χ1n) is 10.0. The first-order chi connectivity index (χ1) is 15.5. The van der Waals surface area contributed by atoms with Gasteiger partial charge >= 0.3 is 0 Å². The minimum Gasteiger partial charge on any atom is -0.496 e. The van der Waals surface area contributed by atoms with Crippen LogP contribution in [0, 0.1) is 0 Å². The average Bonchev–Trinajstić information content (AvgIpc) is 3.41. The van der Waals surface area contributed by atoms with E-state index in [-0.39, 0.29) is 24.3 Å². The van der Waals surface area contributed by atoms with Crippen molar-refractivity contribution in [3.05, 3.63) is 48.0 Å². The number of ether oxygens (including phenoxy) is 1. The number of hydrogen-bond acceptors (Lipinski definition) is 7. The number of nitrogens with one attached hydrogen (secondary N) is 3. The Hall–Kier alpha value is -3.11. The van der Waals surface area contributed by atoms with Crippen LogP contribution in [0.1, 0.15) is 18.4 Å². The third-order valence-corrected chi connectivity index (χ3v) is 7.14. The highest BCUT2D eigenvalue weighted by Gasteiger charge is 2.27. The number of nitrogens with zero attached hydrogens (tertiary/aromatic N) is 1. The zero-order valence-corrected chi connectivity index (χ0v) is 19.0. The van der Waals surface area contributed by atoms with E-state index in [4.69, 9.17) is 4.74 Å². The van der Waals surface area contributed by atoms with Gasteiger partial charge in [-0.3, -0.25) is 14.4 Å². The zero-order valence-electron chi connectivity index (χ0n) is 17.3. The van der Waals surface area contributed by atoms with Crippen LogP contribution in [0.2, 0.25) is 0 Å². The minimum absolute atomic E-state index is 0.145. The van der Waals surface area contributed by atoms with E-state index in [1.54, 1.807) is 36.3 Å². The summed E-state index contributed by atoms with van der Waals surface area (Å²) in [6.45, 7) is -0.161. The Morgan fingerprint density at radius 3 is 2.91 bits per heavy atom. The lowest BCUT2D eigenvalue weighted by Crippen LogP contribution is -2.44. The summed E-state index contributed by atoms with van der Waals surface area (Å²) < 4.78 is 7.29. The average molecular weight is 471 g/mol. The van der Waals surface area contributed by atoms with Crippen LogP contribution in [-0.2, 0) is 20.1 Å². The Balaban J connectivity index is 1.32. The molecule has 8 nitrogen and oxygen atoms in total. The molecule has 2 heterocycles. The number of hydrogen-bond donors (Lipinski definition) is 3. The van der Waals surface area contributed by atoms with Crippen molar-refractivity contribution in [3.63, 3.8) is 0 Å². The van der Waals surface area contributed by atoms with Crippen LogP contribution in [0.15, 0.2) is 46.8 Å². The number of aromatic nitrogens is 1. The molecule has 0 radical (unpaired) electrons. The van der Waals surface area contributed by atoms with E-state index in [1.165, 1.54) is 0 Å². The fraction of sp³-hybridized carbons (Fsp3) is 0.273. The second-order valence-electron chi connectivity index (χ2n) is 7.19. The van der Waals surface area contributed by atoms with Crippen molar-refractivity contribution < 1.29 is 19.1 Å². The maximum Gasteiger partial charge on any atom is 0.243 e. The van der Waals surface area contributed by atoms with E-state index in [1.807, 2.05) is 36.4 Å². The second kappa shape index (κ2) is 10.0. The number of thioether (sulfide) groups is 1. The van der Waals surface area contributed by atoms with Crippen LogP contribution in [-0.4, -0.2) is 42.4 Å². The molecule has 3 aromatic rings. The van der Waals surface area contributed by atoms with E-state index in [0.29, 0.717) is 18.5 Å². The summed E-state index contributed by atoms with van der Waals surface area (Å²) in [6, 6.07) is 12.9. The normalized spacial score (nSPS) is 15.4. The molecule has 1 aliphatic heterocycles. The van der Waals surface area contributed by atoms with E-state index in [2.05, 4.69) is 20.9 Å². The molecule has 4 rings (SSSR count). The molecule has 32 heavy (non-hydrogen) atoms. The van der Waals surface area contributed by atoms with Crippen molar-refractivity contribution in [3.8, 4) is 5.75 Å². The van der Waals surface area contributed by atoms with Gasteiger partial charge in [0.25, 0.3) is 0 Å². The van der Waals surface area contributed by atoms with Crippen molar-refractivity contribution in [2.75, 3.05) is 19.0 Å². The molecule has 1 saturated heterocycles. The molecule has 3 amide bonds. The predicted molar refractivity (Wildman–Crippen MR) is 125 cm³/mol. The molecule has 0 spiro atoms. The summed E-state index contributed by atoms with van der Waals surface area (Å²) in [7, 11) is 1.66. The number of carbonyl (C=O) groups excluding carboxylic acids is 3. The van der Waals surface area contributed by atoms with Crippen LogP contribution in [0.5, 0.6) is 5.75 Å². The lowest BCUT2D eigenvalue weighted by Gasteiger charge is -2.11. The van der Waals surface area contributed by atoms with E-state index >= 15 is 0 Å². The third kappa shape index (κ3) is 5.38. The molecule has 1 fully saturated rings. The summed E-state index contributed by atoms with van der Waals surface area (Å²) in [5.41, 5.74) is 2.60. The van der Waals surface area contributed by atoms with Gasteiger partial charge in [0.05, 0.1) is 23.9 Å². The Morgan fingerprint density at radius 1 is 1.28 bits per heavy atom. The molecule has 3 N–H and O–H groups in total. The van der Waals surface area contributed by atoms with Gasteiger partial charge in [0.15, 0.2) is 4.34 Å². The summed E-state index contributed by atoms with van der Waals surface area (Å²) in [5, 5.41) is 7.92. The molecule has 166 valence electrons. The number of anilines is 1. The van der Waals surface area contributed by atoms with Crippen molar-refractivity contribution in [1.82, 2.24) is 15.6 Å². The number of methoxy groups -OCH3 is 1. The standard InChI is InChI=1S/C22H22N4O4S2/c1-30-17-5-3-2-4-13(17)12-31-22-26-15-7-6-14(10-18(15)32-22)24-20(28)11-23-21(29)16-8-9-19(27)25-16/h2-7,10,16H,8-9,11-12H2,1H3,(H,23,29)(H,24,28)(H,25,27). The fourth-order valence-corrected chi connectivity index (χ4v) is 5.41. The smallest absolute Gasteiger partial charge is 0.243 e. The van der Waals surface area contributed by atoms with Gasteiger partial charge in [-0.25, -0.2) is 4.98 Å². The van der Waals surface area contributed by atoms with Gasteiger partial charge in [-0.15, -0.1) is 11.3 Å². The minimum atomic E-state index is -0.560. The Labute approximate surface area is 193 Å². The third-order valence-electron chi connectivity index (χ3n) is 4.93. The lowest BCUT2D eigenvalue weighted by atomic mass is 10.2. The molecule has 0 aliphatic carbocycles. The van der Waals surface area contributed by atoms with Gasteiger partial charge < -0.3 is 20.7 Å². The van der Waals surface area contributed by atoms with Crippen molar-refractivity contribution in [1.29, 1.82) is 0 Å². The Bertz CT molecular complexity index is 1160. The number of amides is 3. The van der Waals surface area contributed by atoms with Gasteiger partial charge in [0.2, 0.25) is 17.7 Å². The van der Waals surface area contributed by atoms with E-state index in [9.17, 15) is 14.4 Å². The summed E-state index contributed by atoms with van der Waals surface area (Å²) >= 11 is 3.19. The molecule has 10 heteroatoms. The summed E-state index contributed by atoms with van der Waals surface area (Å²) in [4.78, 5) is 40.1. The number of thiazole rings is 1. The van der Waals surface area contributed by atoms with Crippen molar-refractivity contribution >= 4 is 56.7 Å². The molecular formula is C22H22N4O4S2. The molecule has 0 bridgehead atoms. The number of rotatable bonds is 8. The predicted octanol–water partition coefficient (Wildman–Crippen LogP) is 2.93. The van der Waals surface area contributed by atoms with Gasteiger partial charge in [-0.2, -0.15) is 0 Å². The molecule has 1 atom stereocenters. The molecule has 2 aromatic carbocycles. The van der Waals surface area contributed by atoms with Crippen LogP contribution >= 0.6 is 23.1 Å². The highest BCUT2D eigenvalue weighted by molar-refractivity contribution is 8.00. The molecule has 1 unspecified atom stereocenters. The first kappa shape index (κ1) is 22.1. The first-order valence-corrected chi connectivity index (χ1v) is 11.8. The largest absolute Gasteiger partial charge is 0.496 e. The Morgan fingerprint density at radius 2 is 2.12 bits per heavy atom. The van der Waals surface area contributed by atoms with Crippen LogP contribution in [0.3, 0.4) is 0 Å². The monoisotopic (exact) mass is 470 g/mol. The zero-order chi connectivity index (χ0) is 22.5. The molecule has 0 saturated carbocycles. The SMILES string of the molecule is COc1ccccc1CSc1nc2ccc(NC(=O)CNC(=O)C3CCC(=O)N3)cc2s1. The highest BCUT2D eigenvalue weighted by Crippen LogP contribution is 2.34. The lowest BCUT2D eigenvalue weighted by molar-refractivity contribution is -0.127.